The molecule has 0 bridgehead atoms. The van der Waals surface area contributed by atoms with Gasteiger partial charge in [0.2, 0.25) is 27.6 Å². The van der Waals surface area contributed by atoms with Crippen LogP contribution in [0.15, 0.2) is 51.9 Å². The quantitative estimate of drug-likeness (QED) is 0.550. The molecule has 0 atom stereocenters. The van der Waals surface area contributed by atoms with Gasteiger partial charge in [-0.2, -0.15) is 9.29 Å². The number of ether oxygens (including phenoxy) is 2. The molecule has 10 nitrogen and oxygen atoms in total. The molecule has 0 radical (unpaired) electrons. The van der Waals surface area contributed by atoms with Crippen LogP contribution in [0.5, 0.6) is 11.5 Å². The number of anilines is 1. The Balaban J connectivity index is 1.22. The maximum atomic E-state index is 13.3. The number of rotatable bonds is 6. The summed E-state index contributed by atoms with van der Waals surface area (Å²) in [5, 5.41) is 6.84. The van der Waals surface area contributed by atoms with Crippen molar-refractivity contribution in [1.29, 1.82) is 0 Å². The van der Waals surface area contributed by atoms with Crippen molar-refractivity contribution < 1.29 is 27.2 Å². The average Bonchev–Trinajstić information content (AvgIpc) is 3.38. The second-order valence-corrected chi connectivity index (χ2v) is 10.4. The van der Waals surface area contributed by atoms with E-state index >= 15 is 0 Å². The molecule has 2 aliphatic rings. The number of benzene rings is 2. The van der Waals surface area contributed by atoms with Crippen LogP contribution in [0, 0.1) is 5.92 Å². The van der Waals surface area contributed by atoms with Crippen LogP contribution >= 0.6 is 0 Å². The fraction of sp³-hybridized carbons (Fsp3) is 0.375. The van der Waals surface area contributed by atoms with Crippen molar-refractivity contribution in [2.75, 3.05) is 31.6 Å². The number of fused-ring (bicyclic) bond motifs is 1. The Morgan fingerprint density at radius 1 is 1.09 bits per heavy atom. The lowest BCUT2D eigenvalue weighted by molar-refractivity contribution is -0.120. The van der Waals surface area contributed by atoms with Gasteiger partial charge in [-0.3, -0.25) is 4.79 Å². The third-order valence-corrected chi connectivity index (χ3v) is 8.03. The highest BCUT2D eigenvalue weighted by Gasteiger charge is 2.32. The number of aryl methyl sites for hydroxylation is 1. The number of sulfonamides is 1. The van der Waals surface area contributed by atoms with Crippen LogP contribution in [-0.2, 0) is 21.2 Å². The minimum atomic E-state index is -3.72. The van der Waals surface area contributed by atoms with E-state index in [4.69, 9.17) is 14.0 Å². The molecule has 3 heterocycles. The Morgan fingerprint density at radius 3 is 2.60 bits per heavy atom. The summed E-state index contributed by atoms with van der Waals surface area (Å²) in [7, 11) is -3.72. The summed E-state index contributed by atoms with van der Waals surface area (Å²) in [6.07, 6.45) is 1.46. The maximum Gasteiger partial charge on any atom is 0.243 e. The lowest BCUT2D eigenvalue weighted by atomic mass is 9.97. The van der Waals surface area contributed by atoms with E-state index in [0.29, 0.717) is 66.9 Å². The maximum absolute atomic E-state index is 13.3. The highest BCUT2D eigenvalue weighted by molar-refractivity contribution is 7.89. The zero-order chi connectivity index (χ0) is 24.4. The number of hydrogen-bond acceptors (Lipinski definition) is 8. The summed E-state index contributed by atoms with van der Waals surface area (Å²) >= 11 is 0. The molecular weight excluding hydrogens is 472 g/mol. The predicted octanol–water partition coefficient (Wildman–Crippen LogP) is 3.11. The first kappa shape index (κ1) is 23.3. The van der Waals surface area contributed by atoms with E-state index in [2.05, 4.69) is 15.5 Å². The molecule has 11 heteroatoms. The average molecular weight is 499 g/mol. The van der Waals surface area contributed by atoms with Crippen LogP contribution < -0.4 is 14.8 Å². The molecule has 0 aliphatic carbocycles. The fourth-order valence-corrected chi connectivity index (χ4v) is 5.70. The van der Waals surface area contributed by atoms with Crippen molar-refractivity contribution in [2.24, 2.45) is 5.92 Å². The highest BCUT2D eigenvalue weighted by Crippen LogP contribution is 2.33. The summed E-state index contributed by atoms with van der Waals surface area (Å²) in [6.45, 7) is 3.39. The third kappa shape index (κ3) is 4.87. The molecule has 35 heavy (non-hydrogen) atoms. The summed E-state index contributed by atoms with van der Waals surface area (Å²) in [4.78, 5) is 17.3. The number of piperidine rings is 1. The summed E-state index contributed by atoms with van der Waals surface area (Å²) in [5.74, 6) is 1.68. The van der Waals surface area contributed by atoms with Crippen LogP contribution in [0.4, 0.5) is 5.69 Å². The molecule has 5 rings (SSSR count). The molecule has 1 fully saturated rings. The van der Waals surface area contributed by atoms with E-state index in [1.165, 1.54) is 4.31 Å². The molecule has 184 valence electrons. The Labute approximate surface area is 203 Å². The Hall–Kier alpha value is -3.44. The molecule has 0 saturated carbocycles. The van der Waals surface area contributed by atoms with Gasteiger partial charge in [0.1, 0.15) is 13.2 Å². The molecular formula is C24H26N4O6S. The van der Waals surface area contributed by atoms with E-state index in [-0.39, 0.29) is 29.8 Å². The molecule has 1 N–H and O–H groups in total. The van der Waals surface area contributed by atoms with Gasteiger partial charge in [0, 0.05) is 42.7 Å². The monoisotopic (exact) mass is 498 g/mol. The minimum absolute atomic E-state index is 0.135. The van der Waals surface area contributed by atoms with E-state index in [0.717, 1.165) is 0 Å². The minimum Gasteiger partial charge on any atom is -0.486 e. The molecule has 2 aromatic carbocycles. The van der Waals surface area contributed by atoms with Crippen molar-refractivity contribution >= 4 is 21.6 Å². The lowest BCUT2D eigenvalue weighted by Gasteiger charge is -2.30. The molecule has 0 unspecified atom stereocenters. The van der Waals surface area contributed by atoms with Crippen molar-refractivity contribution in [3.05, 3.63) is 48.4 Å². The van der Waals surface area contributed by atoms with E-state index in [9.17, 15) is 13.2 Å². The lowest BCUT2D eigenvalue weighted by Crippen LogP contribution is -2.41. The summed E-state index contributed by atoms with van der Waals surface area (Å²) in [5.41, 5.74) is 1.20. The van der Waals surface area contributed by atoms with Gasteiger partial charge in [-0.25, -0.2) is 8.42 Å². The Morgan fingerprint density at radius 2 is 1.86 bits per heavy atom. The van der Waals surface area contributed by atoms with Gasteiger partial charge in [-0.15, -0.1) is 0 Å². The normalized spacial score (nSPS) is 16.7. The van der Waals surface area contributed by atoms with Gasteiger partial charge in [-0.1, -0.05) is 24.2 Å². The second-order valence-electron chi connectivity index (χ2n) is 8.42. The molecule has 0 spiro atoms. The zero-order valence-electron chi connectivity index (χ0n) is 19.3. The molecule has 1 aromatic heterocycles. The number of carbonyl (C=O) groups excluding carboxylic acids is 1. The van der Waals surface area contributed by atoms with Crippen molar-refractivity contribution in [3.8, 4) is 22.9 Å². The van der Waals surface area contributed by atoms with Crippen LogP contribution in [0.25, 0.3) is 11.4 Å². The van der Waals surface area contributed by atoms with Gasteiger partial charge >= 0.3 is 0 Å². The van der Waals surface area contributed by atoms with Crippen LogP contribution in [0.1, 0.15) is 25.7 Å². The Kier molecular flexibility index (Phi) is 6.44. The van der Waals surface area contributed by atoms with Gasteiger partial charge < -0.3 is 19.3 Å². The SMILES string of the molecule is CCc1nc(-c2cccc(S(=O)(=O)N3CCC(C(=O)Nc4ccc5c(c4)OCCO5)CC3)c2)no1. The van der Waals surface area contributed by atoms with Gasteiger partial charge in [-0.05, 0) is 37.1 Å². The molecule has 2 aliphatic heterocycles. The number of aromatic nitrogens is 2. The van der Waals surface area contributed by atoms with Gasteiger partial charge in [0.25, 0.3) is 0 Å². The number of hydrogen-bond donors (Lipinski definition) is 1. The third-order valence-electron chi connectivity index (χ3n) is 6.13. The topological polar surface area (TPSA) is 124 Å². The van der Waals surface area contributed by atoms with Crippen molar-refractivity contribution in [3.63, 3.8) is 0 Å². The van der Waals surface area contributed by atoms with E-state index in [1.807, 2.05) is 6.92 Å². The molecule has 1 amide bonds. The first-order valence-electron chi connectivity index (χ1n) is 11.6. The largest absolute Gasteiger partial charge is 0.486 e. The highest BCUT2D eigenvalue weighted by atomic mass is 32.2. The number of amides is 1. The first-order chi connectivity index (χ1) is 16.9. The van der Waals surface area contributed by atoms with Crippen molar-refractivity contribution in [1.82, 2.24) is 14.4 Å². The van der Waals surface area contributed by atoms with Gasteiger partial charge in [0.15, 0.2) is 11.5 Å². The van der Waals surface area contributed by atoms with Crippen molar-refractivity contribution in [2.45, 2.75) is 31.1 Å². The number of nitrogens with one attached hydrogen (secondary N) is 1. The first-order valence-corrected chi connectivity index (χ1v) is 13.0. The van der Waals surface area contributed by atoms with Crippen LogP contribution in [0.3, 0.4) is 0 Å². The number of carbonyl (C=O) groups is 1. The molecule has 3 aromatic rings. The second kappa shape index (κ2) is 9.67. The standard InChI is InChI=1S/C24H26N4O6S/c1-2-22-26-23(27-34-22)17-4-3-5-19(14-17)35(30,31)28-10-8-16(9-11-28)24(29)25-18-6-7-20-21(15-18)33-13-12-32-20/h3-7,14-16H,2,8-13H2,1H3,(H,25,29). The number of nitrogens with zero attached hydrogens (tertiary/aromatic N) is 3. The van der Waals surface area contributed by atoms with E-state index in [1.54, 1.807) is 42.5 Å². The summed E-state index contributed by atoms with van der Waals surface area (Å²) < 4.78 is 44.2. The fourth-order valence-electron chi connectivity index (χ4n) is 4.18. The van der Waals surface area contributed by atoms with Crippen LogP contribution in [0.2, 0.25) is 0 Å². The smallest absolute Gasteiger partial charge is 0.243 e. The summed E-state index contributed by atoms with van der Waals surface area (Å²) in [6, 6.07) is 11.8. The van der Waals surface area contributed by atoms with E-state index < -0.39 is 10.0 Å². The van der Waals surface area contributed by atoms with Gasteiger partial charge in [0.05, 0.1) is 4.90 Å². The van der Waals surface area contributed by atoms with Crippen LogP contribution in [-0.4, -0.2) is 55.1 Å². The zero-order valence-corrected chi connectivity index (χ0v) is 20.1. The predicted molar refractivity (Wildman–Crippen MR) is 127 cm³/mol. The molecule has 1 saturated heterocycles. The Bertz CT molecular complexity index is 1330.